The van der Waals surface area contributed by atoms with Crippen LogP contribution >= 0.6 is 0 Å². The summed E-state index contributed by atoms with van der Waals surface area (Å²) in [6.07, 6.45) is 2.54. The number of rotatable bonds is 4. The number of benzene rings is 1. The van der Waals surface area contributed by atoms with Gasteiger partial charge in [0.25, 0.3) is 0 Å². The fourth-order valence-electron chi connectivity index (χ4n) is 3.40. The number of nitrogens with zero attached hydrogens (tertiary/aromatic N) is 2. The normalized spacial score (nSPS) is 20.1. The van der Waals surface area contributed by atoms with E-state index >= 15 is 0 Å². The van der Waals surface area contributed by atoms with Crippen LogP contribution in [0.25, 0.3) is 0 Å². The van der Waals surface area contributed by atoms with Crippen LogP contribution in [0.1, 0.15) is 32.3 Å². The number of likely N-dealkylation sites (N-methyl/N-ethyl adjacent to an activating group) is 1. The molecule has 1 aromatic rings. The summed E-state index contributed by atoms with van der Waals surface area (Å²) in [5, 5.41) is 0. The highest BCUT2D eigenvalue weighted by atomic mass is 15.2. The maximum absolute atomic E-state index is 2.61. The van der Waals surface area contributed by atoms with Crippen LogP contribution in [0.5, 0.6) is 0 Å². The van der Waals surface area contributed by atoms with Gasteiger partial charge in [-0.2, -0.15) is 0 Å². The Labute approximate surface area is 118 Å². The van der Waals surface area contributed by atoms with Gasteiger partial charge in [0.05, 0.1) is 0 Å². The summed E-state index contributed by atoms with van der Waals surface area (Å²) in [4.78, 5) is 4.95. The molecule has 1 heterocycles. The van der Waals surface area contributed by atoms with Crippen molar-refractivity contribution < 1.29 is 0 Å². The molecular weight excluding hydrogens is 232 g/mol. The van der Waals surface area contributed by atoms with Gasteiger partial charge in [0, 0.05) is 18.0 Å². The summed E-state index contributed by atoms with van der Waals surface area (Å²) in [5.74, 6) is 0. The van der Waals surface area contributed by atoms with E-state index in [9.17, 15) is 0 Å². The zero-order valence-corrected chi connectivity index (χ0v) is 12.9. The van der Waals surface area contributed by atoms with E-state index in [0.717, 1.165) is 6.54 Å². The van der Waals surface area contributed by atoms with Gasteiger partial charge in [0.15, 0.2) is 0 Å². The van der Waals surface area contributed by atoms with E-state index < -0.39 is 0 Å². The summed E-state index contributed by atoms with van der Waals surface area (Å²) in [6.45, 7) is 8.21. The van der Waals surface area contributed by atoms with Crippen molar-refractivity contribution in [3.63, 3.8) is 0 Å². The Bertz CT molecular complexity index is 376. The minimum atomic E-state index is 0.343. The van der Waals surface area contributed by atoms with E-state index in [1.54, 1.807) is 0 Å². The Hall–Kier alpha value is -0.860. The van der Waals surface area contributed by atoms with E-state index in [1.165, 1.54) is 31.5 Å². The predicted octanol–water partition coefficient (Wildman–Crippen LogP) is 2.99. The molecule has 0 aromatic heterocycles. The van der Waals surface area contributed by atoms with Crippen molar-refractivity contribution in [2.75, 3.05) is 33.7 Å². The van der Waals surface area contributed by atoms with Gasteiger partial charge in [0.1, 0.15) is 0 Å². The first-order valence-electron chi connectivity index (χ1n) is 7.48. The van der Waals surface area contributed by atoms with E-state index in [2.05, 4.69) is 68.1 Å². The second-order valence-electron chi connectivity index (χ2n) is 6.51. The number of likely N-dealkylation sites (tertiary alicyclic amines) is 1. The molecule has 0 atom stereocenters. The fourth-order valence-corrected chi connectivity index (χ4v) is 3.40. The van der Waals surface area contributed by atoms with Crippen molar-refractivity contribution in [2.45, 2.75) is 38.1 Å². The van der Waals surface area contributed by atoms with Crippen molar-refractivity contribution in [3.8, 4) is 0 Å². The van der Waals surface area contributed by atoms with Crippen LogP contribution in [0.15, 0.2) is 30.3 Å². The zero-order chi connectivity index (χ0) is 13.9. The quantitative estimate of drug-likeness (QED) is 0.821. The minimum Gasteiger partial charge on any atom is -0.309 e. The second-order valence-corrected chi connectivity index (χ2v) is 6.51. The lowest BCUT2D eigenvalue weighted by molar-refractivity contribution is 0.110. The Morgan fingerprint density at radius 2 is 1.68 bits per heavy atom. The van der Waals surface area contributed by atoms with Crippen molar-refractivity contribution in [2.24, 2.45) is 0 Å². The predicted molar refractivity (Wildman–Crippen MR) is 82.6 cm³/mol. The van der Waals surface area contributed by atoms with Crippen LogP contribution in [0.3, 0.4) is 0 Å². The summed E-state index contributed by atoms with van der Waals surface area (Å²) >= 11 is 0. The van der Waals surface area contributed by atoms with Crippen molar-refractivity contribution in [3.05, 3.63) is 35.9 Å². The van der Waals surface area contributed by atoms with Crippen LogP contribution in [0.2, 0.25) is 0 Å². The summed E-state index contributed by atoms with van der Waals surface area (Å²) in [5.41, 5.74) is 1.86. The highest BCUT2D eigenvalue weighted by molar-refractivity contribution is 5.27. The molecule has 0 N–H and O–H groups in total. The molecule has 0 spiro atoms. The lowest BCUT2D eigenvalue weighted by Crippen LogP contribution is -2.49. The van der Waals surface area contributed by atoms with Gasteiger partial charge in [-0.05, 0) is 59.4 Å². The highest BCUT2D eigenvalue weighted by Crippen LogP contribution is 2.36. The molecule has 19 heavy (non-hydrogen) atoms. The second kappa shape index (κ2) is 6.06. The van der Waals surface area contributed by atoms with Gasteiger partial charge in [-0.3, -0.25) is 0 Å². The molecule has 1 saturated heterocycles. The molecule has 0 saturated carbocycles. The van der Waals surface area contributed by atoms with Crippen LogP contribution < -0.4 is 0 Å². The third-order valence-electron chi connectivity index (χ3n) is 4.49. The molecule has 0 aliphatic carbocycles. The third kappa shape index (κ3) is 3.37. The number of hydrogen-bond acceptors (Lipinski definition) is 2. The van der Waals surface area contributed by atoms with Crippen LogP contribution in [-0.4, -0.2) is 49.6 Å². The van der Waals surface area contributed by atoms with E-state index in [0.29, 0.717) is 11.5 Å². The highest BCUT2D eigenvalue weighted by Gasteiger charge is 2.36. The standard InChI is InChI=1S/C17H28N2/c1-15(2)19-12-10-17(11-13-19,14-18(3)4)16-8-6-5-7-9-16/h5-9,15H,10-14H2,1-4H3. The van der Waals surface area contributed by atoms with Crippen molar-refractivity contribution in [1.29, 1.82) is 0 Å². The summed E-state index contributed by atoms with van der Waals surface area (Å²) < 4.78 is 0. The van der Waals surface area contributed by atoms with Crippen molar-refractivity contribution >= 4 is 0 Å². The first-order valence-corrected chi connectivity index (χ1v) is 7.48. The van der Waals surface area contributed by atoms with Gasteiger partial charge in [-0.15, -0.1) is 0 Å². The SMILES string of the molecule is CC(C)N1CCC(CN(C)C)(c2ccccc2)CC1. The van der Waals surface area contributed by atoms with E-state index in [1.807, 2.05) is 0 Å². The fraction of sp³-hybridized carbons (Fsp3) is 0.647. The summed E-state index contributed by atoms with van der Waals surface area (Å²) in [6, 6.07) is 11.8. The number of hydrogen-bond donors (Lipinski definition) is 0. The van der Waals surface area contributed by atoms with Crippen LogP contribution in [-0.2, 0) is 5.41 Å². The smallest absolute Gasteiger partial charge is 0.0104 e. The molecule has 2 nitrogen and oxygen atoms in total. The monoisotopic (exact) mass is 260 g/mol. The molecular formula is C17H28N2. The van der Waals surface area contributed by atoms with Gasteiger partial charge in [-0.25, -0.2) is 0 Å². The van der Waals surface area contributed by atoms with Gasteiger partial charge in [0.2, 0.25) is 0 Å². The maximum atomic E-state index is 2.61. The molecule has 1 aliphatic heterocycles. The lowest BCUT2D eigenvalue weighted by atomic mass is 9.72. The lowest BCUT2D eigenvalue weighted by Gasteiger charge is -2.45. The van der Waals surface area contributed by atoms with Gasteiger partial charge >= 0.3 is 0 Å². The largest absolute Gasteiger partial charge is 0.309 e. The zero-order valence-electron chi connectivity index (χ0n) is 12.9. The molecule has 106 valence electrons. The van der Waals surface area contributed by atoms with Gasteiger partial charge in [-0.1, -0.05) is 30.3 Å². The van der Waals surface area contributed by atoms with Gasteiger partial charge < -0.3 is 9.80 Å². The average Bonchev–Trinajstić information content (AvgIpc) is 2.39. The molecule has 0 unspecified atom stereocenters. The molecule has 1 aromatic carbocycles. The Kier molecular flexibility index (Phi) is 4.64. The van der Waals surface area contributed by atoms with Crippen LogP contribution in [0.4, 0.5) is 0 Å². The topological polar surface area (TPSA) is 6.48 Å². The van der Waals surface area contributed by atoms with E-state index in [4.69, 9.17) is 0 Å². The maximum Gasteiger partial charge on any atom is 0.0104 e. The first-order chi connectivity index (χ1) is 9.03. The van der Waals surface area contributed by atoms with Crippen LogP contribution in [0, 0.1) is 0 Å². The average molecular weight is 260 g/mol. The Morgan fingerprint density at radius 1 is 1.11 bits per heavy atom. The minimum absolute atomic E-state index is 0.343. The van der Waals surface area contributed by atoms with E-state index in [-0.39, 0.29) is 0 Å². The molecule has 0 radical (unpaired) electrons. The Balaban J connectivity index is 2.19. The Morgan fingerprint density at radius 3 is 2.16 bits per heavy atom. The molecule has 0 amide bonds. The molecule has 1 fully saturated rings. The molecule has 1 aliphatic rings. The number of piperidine rings is 1. The first kappa shape index (κ1) is 14.5. The van der Waals surface area contributed by atoms with Crippen molar-refractivity contribution in [1.82, 2.24) is 9.80 Å². The molecule has 2 rings (SSSR count). The summed E-state index contributed by atoms with van der Waals surface area (Å²) in [7, 11) is 4.39. The molecule has 2 heteroatoms. The molecule has 0 bridgehead atoms. The third-order valence-corrected chi connectivity index (χ3v) is 4.49.